The van der Waals surface area contributed by atoms with Gasteiger partial charge in [-0.2, -0.15) is 11.8 Å². The van der Waals surface area contributed by atoms with E-state index < -0.39 is 5.60 Å². The van der Waals surface area contributed by atoms with Crippen LogP contribution in [0.3, 0.4) is 0 Å². The number of aliphatic hydroxyl groups is 2. The van der Waals surface area contributed by atoms with Gasteiger partial charge in [0, 0.05) is 24.0 Å². The number of hydrogen-bond acceptors (Lipinski definition) is 3. The highest BCUT2D eigenvalue weighted by Crippen LogP contribution is 2.23. The van der Waals surface area contributed by atoms with Crippen molar-refractivity contribution in [3.05, 3.63) is 35.9 Å². The molecular formula is C13H20O2S. The second-order valence-electron chi connectivity index (χ2n) is 4.42. The Morgan fingerprint density at radius 1 is 1.31 bits per heavy atom. The molecule has 2 nitrogen and oxygen atoms in total. The van der Waals surface area contributed by atoms with E-state index in [9.17, 15) is 5.11 Å². The number of aliphatic hydroxyl groups excluding tert-OH is 1. The molecule has 0 aliphatic rings. The monoisotopic (exact) mass is 240 g/mol. The minimum absolute atomic E-state index is 0.0267. The summed E-state index contributed by atoms with van der Waals surface area (Å²) in [4.78, 5) is 0. The zero-order valence-corrected chi connectivity index (χ0v) is 10.7. The Morgan fingerprint density at radius 3 is 2.50 bits per heavy atom. The number of thioether (sulfide) groups is 1. The maximum atomic E-state index is 10.1. The van der Waals surface area contributed by atoms with Gasteiger partial charge in [-0.1, -0.05) is 37.3 Å². The van der Waals surface area contributed by atoms with Crippen LogP contribution in [0.2, 0.25) is 0 Å². The molecule has 90 valence electrons. The topological polar surface area (TPSA) is 40.5 Å². The lowest BCUT2D eigenvalue weighted by Gasteiger charge is -2.28. The van der Waals surface area contributed by atoms with Gasteiger partial charge >= 0.3 is 0 Å². The van der Waals surface area contributed by atoms with Crippen molar-refractivity contribution < 1.29 is 10.2 Å². The van der Waals surface area contributed by atoms with Crippen molar-refractivity contribution >= 4 is 11.8 Å². The quantitative estimate of drug-likeness (QED) is 0.801. The van der Waals surface area contributed by atoms with Gasteiger partial charge in [-0.25, -0.2) is 0 Å². The minimum atomic E-state index is -0.797. The number of benzene rings is 1. The molecule has 0 heterocycles. The van der Waals surface area contributed by atoms with Crippen LogP contribution >= 0.6 is 11.8 Å². The van der Waals surface area contributed by atoms with Crippen molar-refractivity contribution in [2.45, 2.75) is 25.2 Å². The zero-order chi connectivity index (χ0) is 12.0. The molecule has 0 amide bonds. The van der Waals surface area contributed by atoms with Crippen molar-refractivity contribution in [1.29, 1.82) is 0 Å². The van der Waals surface area contributed by atoms with Gasteiger partial charge in [0.25, 0.3) is 0 Å². The van der Waals surface area contributed by atoms with E-state index in [4.69, 9.17) is 5.11 Å². The minimum Gasteiger partial charge on any atom is -0.396 e. The lowest BCUT2D eigenvalue weighted by Crippen LogP contribution is -2.37. The first-order valence-corrected chi connectivity index (χ1v) is 6.66. The fourth-order valence-corrected chi connectivity index (χ4v) is 2.52. The Balaban J connectivity index is 2.35. The summed E-state index contributed by atoms with van der Waals surface area (Å²) in [6, 6.07) is 10.2. The van der Waals surface area contributed by atoms with Crippen molar-refractivity contribution in [3.8, 4) is 0 Å². The predicted octanol–water partition coefficient (Wildman–Crippen LogP) is 2.30. The Hall–Kier alpha value is -0.510. The van der Waals surface area contributed by atoms with Gasteiger partial charge in [-0.05, 0) is 12.5 Å². The van der Waals surface area contributed by atoms with Gasteiger partial charge in [0.2, 0.25) is 0 Å². The first-order chi connectivity index (χ1) is 7.56. The molecule has 1 aromatic rings. The Morgan fingerprint density at radius 2 is 1.94 bits per heavy atom. The van der Waals surface area contributed by atoms with Crippen molar-refractivity contribution in [3.63, 3.8) is 0 Å². The molecule has 2 atom stereocenters. The van der Waals surface area contributed by atoms with E-state index >= 15 is 0 Å². The van der Waals surface area contributed by atoms with Crippen LogP contribution in [0.15, 0.2) is 30.3 Å². The van der Waals surface area contributed by atoms with Crippen LogP contribution < -0.4 is 0 Å². The van der Waals surface area contributed by atoms with Crippen molar-refractivity contribution in [2.75, 3.05) is 12.4 Å². The van der Waals surface area contributed by atoms with Crippen LogP contribution in [0.4, 0.5) is 0 Å². The Labute approximate surface area is 102 Å². The van der Waals surface area contributed by atoms with E-state index in [1.807, 2.05) is 25.1 Å². The average molecular weight is 240 g/mol. The molecule has 0 unspecified atom stereocenters. The molecule has 0 aromatic heterocycles. The Bertz CT molecular complexity index is 298. The highest BCUT2D eigenvalue weighted by atomic mass is 32.2. The molecule has 0 fully saturated rings. The van der Waals surface area contributed by atoms with Crippen LogP contribution in [0.25, 0.3) is 0 Å². The smallest absolute Gasteiger partial charge is 0.0757 e. The summed E-state index contributed by atoms with van der Waals surface area (Å²) in [7, 11) is 0. The average Bonchev–Trinajstić information content (AvgIpc) is 2.29. The normalized spacial score (nSPS) is 16.8. The summed E-state index contributed by atoms with van der Waals surface area (Å²) in [5, 5.41) is 19.1. The Kier molecular flexibility index (Phi) is 5.32. The molecule has 3 heteroatoms. The zero-order valence-electron chi connectivity index (χ0n) is 9.89. The van der Waals surface area contributed by atoms with Gasteiger partial charge in [-0.15, -0.1) is 0 Å². The SMILES string of the molecule is C[C@H](CO)[C@@](C)(O)CSCc1ccccc1. The van der Waals surface area contributed by atoms with Gasteiger partial charge in [-0.3, -0.25) is 0 Å². The summed E-state index contributed by atoms with van der Waals surface area (Å²) in [5.74, 6) is 1.45. The van der Waals surface area contributed by atoms with E-state index in [1.54, 1.807) is 18.7 Å². The van der Waals surface area contributed by atoms with Crippen molar-refractivity contribution in [2.24, 2.45) is 5.92 Å². The lowest BCUT2D eigenvalue weighted by atomic mass is 9.94. The molecule has 0 saturated heterocycles. The molecule has 2 N–H and O–H groups in total. The summed E-state index contributed by atoms with van der Waals surface area (Å²) in [5.41, 5.74) is 0.466. The van der Waals surface area contributed by atoms with E-state index in [0.29, 0.717) is 5.75 Å². The second kappa shape index (κ2) is 6.28. The molecule has 0 bridgehead atoms. The summed E-state index contributed by atoms with van der Waals surface area (Å²) >= 11 is 1.70. The molecule has 1 aromatic carbocycles. The summed E-state index contributed by atoms with van der Waals surface area (Å²) < 4.78 is 0. The van der Waals surface area contributed by atoms with Gasteiger partial charge < -0.3 is 10.2 Å². The molecule has 16 heavy (non-hydrogen) atoms. The van der Waals surface area contributed by atoms with Crippen LogP contribution in [-0.4, -0.2) is 28.2 Å². The fourth-order valence-electron chi connectivity index (χ4n) is 1.29. The largest absolute Gasteiger partial charge is 0.396 e. The van der Waals surface area contributed by atoms with Gasteiger partial charge in [0.05, 0.1) is 5.60 Å². The van der Waals surface area contributed by atoms with E-state index in [2.05, 4.69) is 12.1 Å². The van der Waals surface area contributed by atoms with Crippen LogP contribution in [0, 0.1) is 5.92 Å². The molecule has 0 saturated carbocycles. The number of hydrogen-bond donors (Lipinski definition) is 2. The standard InChI is InChI=1S/C13H20O2S/c1-11(8-14)13(2,15)10-16-9-12-6-4-3-5-7-12/h3-7,11,14-15H,8-10H2,1-2H3/t11-,13+/m1/s1. The summed E-state index contributed by atoms with van der Waals surface area (Å²) in [6.07, 6.45) is 0. The first-order valence-electron chi connectivity index (χ1n) is 5.51. The second-order valence-corrected chi connectivity index (χ2v) is 5.40. The van der Waals surface area contributed by atoms with Crippen LogP contribution in [-0.2, 0) is 5.75 Å². The maximum Gasteiger partial charge on any atom is 0.0757 e. The highest BCUT2D eigenvalue weighted by molar-refractivity contribution is 7.98. The van der Waals surface area contributed by atoms with E-state index in [-0.39, 0.29) is 12.5 Å². The third kappa shape index (κ3) is 4.16. The molecule has 1 rings (SSSR count). The molecule has 0 aliphatic carbocycles. The van der Waals surface area contributed by atoms with Gasteiger partial charge in [0.15, 0.2) is 0 Å². The summed E-state index contributed by atoms with van der Waals surface area (Å²) in [6.45, 7) is 3.67. The van der Waals surface area contributed by atoms with Crippen LogP contribution in [0.5, 0.6) is 0 Å². The molecule has 0 radical (unpaired) electrons. The van der Waals surface area contributed by atoms with E-state index in [1.165, 1.54) is 5.56 Å². The first kappa shape index (κ1) is 13.6. The third-order valence-electron chi connectivity index (χ3n) is 2.84. The predicted molar refractivity (Wildman–Crippen MR) is 69.5 cm³/mol. The van der Waals surface area contributed by atoms with Crippen molar-refractivity contribution in [1.82, 2.24) is 0 Å². The maximum absolute atomic E-state index is 10.1. The van der Waals surface area contributed by atoms with E-state index in [0.717, 1.165) is 5.75 Å². The lowest BCUT2D eigenvalue weighted by molar-refractivity contribution is 0.00446. The molecular weight excluding hydrogens is 220 g/mol. The number of rotatable bonds is 6. The third-order valence-corrected chi connectivity index (χ3v) is 4.17. The molecule has 0 aliphatic heterocycles. The highest BCUT2D eigenvalue weighted by Gasteiger charge is 2.27. The van der Waals surface area contributed by atoms with Crippen LogP contribution in [0.1, 0.15) is 19.4 Å². The molecule has 0 spiro atoms. The van der Waals surface area contributed by atoms with Gasteiger partial charge in [0.1, 0.15) is 0 Å². The fraction of sp³-hybridized carbons (Fsp3) is 0.538.